The Morgan fingerprint density at radius 2 is 2.20 bits per heavy atom. The van der Waals surface area contributed by atoms with Crippen LogP contribution in [-0.4, -0.2) is 24.3 Å². The summed E-state index contributed by atoms with van der Waals surface area (Å²) in [6.07, 6.45) is 6.29. The summed E-state index contributed by atoms with van der Waals surface area (Å²) in [6.45, 7) is 2.14. The molecule has 1 aromatic rings. The Morgan fingerprint density at radius 3 is 2.90 bits per heavy atom. The predicted octanol–water partition coefficient (Wildman–Crippen LogP) is 2.82. The average Bonchev–Trinajstić information content (AvgIpc) is 2.45. The van der Waals surface area contributed by atoms with Crippen molar-refractivity contribution < 1.29 is 14.6 Å². The Balaban J connectivity index is 2.38. The Hall–Kier alpha value is -2.04. The first kappa shape index (κ1) is 16.0. The molecule has 0 unspecified atom stereocenters. The highest BCUT2D eigenvalue weighted by atomic mass is 16.5. The fourth-order valence-corrected chi connectivity index (χ4v) is 1.72. The van der Waals surface area contributed by atoms with Gasteiger partial charge in [-0.25, -0.2) is 5.43 Å². The number of phenolic OH excluding ortho intramolecular Hbond substituents is 1. The van der Waals surface area contributed by atoms with Crippen molar-refractivity contribution in [3.63, 3.8) is 0 Å². The molecule has 1 amide bonds. The van der Waals surface area contributed by atoms with Gasteiger partial charge in [0.15, 0.2) is 11.5 Å². The molecule has 0 aromatic heterocycles. The first-order chi connectivity index (χ1) is 9.67. The van der Waals surface area contributed by atoms with Crippen molar-refractivity contribution in [2.75, 3.05) is 7.11 Å². The van der Waals surface area contributed by atoms with Crippen molar-refractivity contribution in [3.8, 4) is 11.5 Å². The van der Waals surface area contributed by atoms with E-state index in [1.54, 1.807) is 12.1 Å². The minimum absolute atomic E-state index is 0.0737. The van der Waals surface area contributed by atoms with Crippen LogP contribution in [0, 0.1) is 0 Å². The number of nitrogens with zero attached hydrogens (tertiary/aromatic N) is 1. The molecule has 5 heteroatoms. The number of hydrogen-bond acceptors (Lipinski definition) is 4. The summed E-state index contributed by atoms with van der Waals surface area (Å²) in [6, 6.07) is 4.85. The molecule has 1 aromatic carbocycles. The zero-order valence-electron chi connectivity index (χ0n) is 12.1. The van der Waals surface area contributed by atoms with Crippen LogP contribution in [0.5, 0.6) is 11.5 Å². The zero-order valence-corrected chi connectivity index (χ0v) is 12.1. The third kappa shape index (κ3) is 5.73. The third-order valence-corrected chi connectivity index (χ3v) is 2.86. The molecule has 0 radical (unpaired) electrons. The fourth-order valence-electron chi connectivity index (χ4n) is 1.72. The molecule has 0 heterocycles. The van der Waals surface area contributed by atoms with Gasteiger partial charge in [-0.15, -0.1) is 0 Å². The van der Waals surface area contributed by atoms with Crippen molar-refractivity contribution in [2.24, 2.45) is 5.10 Å². The highest BCUT2D eigenvalue weighted by Crippen LogP contribution is 2.25. The van der Waals surface area contributed by atoms with Crippen LogP contribution in [0.1, 0.15) is 44.6 Å². The van der Waals surface area contributed by atoms with Crippen LogP contribution in [0.4, 0.5) is 0 Å². The highest BCUT2D eigenvalue weighted by molar-refractivity contribution is 5.83. The van der Waals surface area contributed by atoms with E-state index in [-0.39, 0.29) is 11.7 Å². The number of hydrazone groups is 1. The molecular weight excluding hydrogens is 256 g/mol. The van der Waals surface area contributed by atoms with Crippen LogP contribution in [0.15, 0.2) is 23.3 Å². The van der Waals surface area contributed by atoms with Gasteiger partial charge in [0.1, 0.15) is 0 Å². The Kier molecular flexibility index (Phi) is 7.17. The molecule has 110 valence electrons. The minimum Gasteiger partial charge on any atom is -0.504 e. The van der Waals surface area contributed by atoms with Crippen molar-refractivity contribution in [2.45, 2.75) is 39.0 Å². The lowest BCUT2D eigenvalue weighted by Gasteiger charge is -2.03. The molecule has 20 heavy (non-hydrogen) atoms. The SMILES string of the molecule is CCCCCCC(=O)NN=Cc1ccc(O)c(OC)c1. The minimum atomic E-state index is -0.0805. The summed E-state index contributed by atoms with van der Waals surface area (Å²) in [5.74, 6) is 0.368. The van der Waals surface area contributed by atoms with Crippen molar-refractivity contribution in [1.82, 2.24) is 5.43 Å². The van der Waals surface area contributed by atoms with Gasteiger partial charge < -0.3 is 9.84 Å². The van der Waals surface area contributed by atoms with Crippen LogP contribution >= 0.6 is 0 Å². The number of carbonyl (C=O) groups excluding carboxylic acids is 1. The summed E-state index contributed by atoms with van der Waals surface area (Å²) >= 11 is 0. The Bertz CT molecular complexity index is 458. The van der Waals surface area contributed by atoms with E-state index in [1.165, 1.54) is 19.4 Å². The van der Waals surface area contributed by atoms with Gasteiger partial charge in [0.25, 0.3) is 0 Å². The quantitative estimate of drug-likeness (QED) is 0.436. The molecule has 0 spiro atoms. The van der Waals surface area contributed by atoms with Crippen molar-refractivity contribution in [1.29, 1.82) is 0 Å². The number of phenols is 1. The lowest BCUT2D eigenvalue weighted by atomic mass is 10.1. The molecule has 1 rings (SSSR count). The number of aromatic hydroxyl groups is 1. The molecule has 0 fully saturated rings. The van der Waals surface area contributed by atoms with E-state index < -0.39 is 0 Å². The summed E-state index contributed by atoms with van der Waals surface area (Å²) in [5.41, 5.74) is 3.23. The maximum absolute atomic E-state index is 11.5. The number of nitrogens with one attached hydrogen (secondary N) is 1. The van der Waals surface area contributed by atoms with Crippen LogP contribution in [0.2, 0.25) is 0 Å². The van der Waals surface area contributed by atoms with Gasteiger partial charge in [0, 0.05) is 6.42 Å². The number of unbranched alkanes of at least 4 members (excludes halogenated alkanes) is 3. The standard InChI is InChI=1S/C15H22N2O3/c1-3-4-5-6-7-15(19)17-16-11-12-8-9-13(18)14(10-12)20-2/h8-11,18H,3-7H2,1-2H3,(H,17,19). The molecule has 0 bridgehead atoms. The van der Waals surface area contributed by atoms with E-state index in [2.05, 4.69) is 17.5 Å². The Morgan fingerprint density at radius 1 is 1.40 bits per heavy atom. The summed E-state index contributed by atoms with van der Waals surface area (Å²) < 4.78 is 4.99. The molecule has 0 saturated carbocycles. The zero-order chi connectivity index (χ0) is 14.8. The van der Waals surface area contributed by atoms with E-state index in [0.717, 1.165) is 31.2 Å². The van der Waals surface area contributed by atoms with E-state index in [0.29, 0.717) is 12.2 Å². The number of amides is 1. The lowest BCUT2D eigenvalue weighted by Crippen LogP contribution is -2.16. The number of benzene rings is 1. The number of methoxy groups -OCH3 is 1. The molecule has 0 atom stereocenters. The summed E-state index contributed by atoms with van der Waals surface area (Å²) in [5, 5.41) is 13.3. The van der Waals surface area contributed by atoms with Gasteiger partial charge in [0.2, 0.25) is 5.91 Å². The van der Waals surface area contributed by atoms with E-state index in [1.807, 2.05) is 0 Å². The predicted molar refractivity (Wildman–Crippen MR) is 79.2 cm³/mol. The van der Waals surface area contributed by atoms with E-state index in [9.17, 15) is 9.90 Å². The first-order valence-electron chi connectivity index (χ1n) is 6.86. The first-order valence-corrected chi connectivity index (χ1v) is 6.86. The van der Waals surface area contributed by atoms with Gasteiger partial charge >= 0.3 is 0 Å². The smallest absolute Gasteiger partial charge is 0.240 e. The number of rotatable bonds is 8. The molecule has 0 aliphatic carbocycles. The third-order valence-electron chi connectivity index (χ3n) is 2.86. The van der Waals surface area contributed by atoms with Crippen LogP contribution < -0.4 is 10.2 Å². The van der Waals surface area contributed by atoms with E-state index >= 15 is 0 Å². The number of ether oxygens (including phenoxy) is 1. The fraction of sp³-hybridized carbons (Fsp3) is 0.467. The van der Waals surface area contributed by atoms with Gasteiger partial charge in [-0.2, -0.15) is 5.10 Å². The number of hydrogen-bond donors (Lipinski definition) is 2. The highest BCUT2D eigenvalue weighted by Gasteiger charge is 2.01. The molecule has 0 aliphatic heterocycles. The van der Waals surface area contributed by atoms with Crippen LogP contribution in [0.25, 0.3) is 0 Å². The van der Waals surface area contributed by atoms with Crippen LogP contribution in [0.3, 0.4) is 0 Å². The maximum atomic E-state index is 11.5. The van der Waals surface area contributed by atoms with Crippen molar-refractivity contribution >= 4 is 12.1 Å². The molecule has 5 nitrogen and oxygen atoms in total. The van der Waals surface area contributed by atoms with Gasteiger partial charge in [-0.3, -0.25) is 4.79 Å². The second-order valence-corrected chi connectivity index (χ2v) is 4.54. The topological polar surface area (TPSA) is 70.9 Å². The summed E-state index contributed by atoms with van der Waals surface area (Å²) in [7, 11) is 1.48. The maximum Gasteiger partial charge on any atom is 0.240 e. The second kappa shape index (κ2) is 8.96. The van der Waals surface area contributed by atoms with Crippen LogP contribution in [-0.2, 0) is 4.79 Å². The van der Waals surface area contributed by atoms with Gasteiger partial charge in [-0.05, 0) is 30.2 Å². The number of carbonyl (C=O) groups is 1. The largest absolute Gasteiger partial charge is 0.504 e. The van der Waals surface area contributed by atoms with Gasteiger partial charge in [0.05, 0.1) is 13.3 Å². The van der Waals surface area contributed by atoms with E-state index in [4.69, 9.17) is 4.74 Å². The molecule has 0 aliphatic rings. The normalized spacial score (nSPS) is 10.7. The average molecular weight is 278 g/mol. The monoisotopic (exact) mass is 278 g/mol. The molecular formula is C15H22N2O3. The second-order valence-electron chi connectivity index (χ2n) is 4.54. The van der Waals surface area contributed by atoms with Crippen molar-refractivity contribution in [3.05, 3.63) is 23.8 Å². The Labute approximate surface area is 119 Å². The summed E-state index contributed by atoms with van der Waals surface area (Å²) in [4.78, 5) is 11.5. The van der Waals surface area contributed by atoms with Gasteiger partial charge in [-0.1, -0.05) is 26.2 Å². The molecule has 2 N–H and O–H groups in total. The lowest BCUT2D eigenvalue weighted by molar-refractivity contribution is -0.121. The molecule has 0 saturated heterocycles.